The molecular weight excluding hydrogens is 436 g/mol. The van der Waals surface area contributed by atoms with E-state index < -0.39 is 0 Å². The molecule has 3 aromatic carbocycles. The van der Waals surface area contributed by atoms with Gasteiger partial charge in [-0.2, -0.15) is 4.40 Å². The summed E-state index contributed by atoms with van der Waals surface area (Å²) in [6, 6.07) is 23.1. The molecule has 5 aromatic rings. The number of benzene rings is 3. The Labute approximate surface area is 216 Å². The first kappa shape index (κ1) is 24.6. The van der Waals surface area contributed by atoms with Crippen molar-refractivity contribution in [2.45, 2.75) is 86.1 Å². The zero-order chi connectivity index (χ0) is 25.9. The topological polar surface area (TPSA) is 9.03 Å². The molecule has 0 unspecified atom stereocenters. The summed E-state index contributed by atoms with van der Waals surface area (Å²) in [7, 11) is 0. The molecule has 2 heteroatoms. The van der Waals surface area contributed by atoms with Crippen molar-refractivity contribution < 1.29 is 4.40 Å². The fourth-order valence-electron chi connectivity index (χ4n) is 6.29. The van der Waals surface area contributed by atoms with Crippen LogP contribution in [0.25, 0.3) is 38.6 Å². The second-order valence-electron chi connectivity index (χ2n) is 11.6. The van der Waals surface area contributed by atoms with Crippen LogP contribution in [0.3, 0.4) is 0 Å². The highest BCUT2D eigenvalue weighted by Crippen LogP contribution is 2.41. The maximum Gasteiger partial charge on any atom is 0.295 e. The van der Waals surface area contributed by atoms with Crippen molar-refractivity contribution in [3.8, 4) is 11.3 Å². The molecule has 5 rings (SSSR count). The third-order valence-electron chi connectivity index (χ3n) is 7.87. The lowest BCUT2D eigenvalue weighted by Gasteiger charge is -2.18. The van der Waals surface area contributed by atoms with Gasteiger partial charge in [-0.1, -0.05) is 96.1 Å². The number of imidazole rings is 1. The van der Waals surface area contributed by atoms with Gasteiger partial charge in [0, 0.05) is 23.3 Å². The Balaban J connectivity index is 2.17. The van der Waals surface area contributed by atoms with Crippen molar-refractivity contribution >= 4 is 27.3 Å². The van der Waals surface area contributed by atoms with Crippen molar-refractivity contribution in [3.05, 3.63) is 83.0 Å². The molecule has 0 aliphatic heterocycles. The van der Waals surface area contributed by atoms with Crippen molar-refractivity contribution in [2.75, 3.05) is 0 Å². The van der Waals surface area contributed by atoms with Gasteiger partial charge in [0.2, 0.25) is 0 Å². The molecular formula is C34H41N2+. The molecule has 0 saturated heterocycles. The molecule has 0 atom stereocenters. The Hall–Kier alpha value is -3.13. The van der Waals surface area contributed by atoms with E-state index in [4.69, 9.17) is 0 Å². The summed E-state index contributed by atoms with van der Waals surface area (Å²) in [5.41, 5.74) is 11.0. The van der Waals surface area contributed by atoms with E-state index in [9.17, 15) is 0 Å². The Morgan fingerprint density at radius 1 is 0.611 bits per heavy atom. The van der Waals surface area contributed by atoms with Crippen molar-refractivity contribution in [2.24, 2.45) is 0 Å². The average Bonchev–Trinajstić information content (AvgIpc) is 3.15. The summed E-state index contributed by atoms with van der Waals surface area (Å²) in [6.07, 6.45) is 0. The van der Waals surface area contributed by atoms with Gasteiger partial charge in [0.15, 0.2) is 5.69 Å². The van der Waals surface area contributed by atoms with Crippen LogP contribution < -0.4 is 4.40 Å². The number of nitrogens with zero attached hydrogens (tertiary/aromatic N) is 2. The lowest BCUT2D eigenvalue weighted by molar-refractivity contribution is -0.467. The number of pyridine rings is 1. The van der Waals surface area contributed by atoms with E-state index in [2.05, 4.69) is 132 Å². The van der Waals surface area contributed by atoms with Gasteiger partial charge in [0.05, 0.1) is 11.4 Å². The average molecular weight is 478 g/mol. The predicted octanol–water partition coefficient (Wildman–Crippen LogP) is 9.46. The lowest BCUT2D eigenvalue weighted by Crippen LogP contribution is -2.26. The first-order chi connectivity index (χ1) is 17.1. The lowest BCUT2D eigenvalue weighted by atomic mass is 9.86. The van der Waals surface area contributed by atoms with Gasteiger partial charge >= 0.3 is 0 Å². The number of para-hydroxylation sites is 1. The van der Waals surface area contributed by atoms with E-state index in [1.165, 1.54) is 61.0 Å². The highest BCUT2D eigenvalue weighted by Gasteiger charge is 2.33. The number of fused-ring (bicyclic) bond motifs is 6. The molecule has 2 heterocycles. The minimum atomic E-state index is 0.340. The van der Waals surface area contributed by atoms with Crippen LogP contribution in [0.4, 0.5) is 0 Å². The van der Waals surface area contributed by atoms with Gasteiger partial charge in [0.25, 0.3) is 5.65 Å². The van der Waals surface area contributed by atoms with Crippen LogP contribution in [0.2, 0.25) is 0 Å². The first-order valence-corrected chi connectivity index (χ1v) is 13.7. The second-order valence-corrected chi connectivity index (χ2v) is 11.6. The Morgan fingerprint density at radius 3 is 1.72 bits per heavy atom. The number of hydrogen-bond acceptors (Lipinski definition) is 0. The fraction of sp³-hybridized carbons (Fsp3) is 0.382. The van der Waals surface area contributed by atoms with E-state index in [1.807, 2.05) is 0 Å². The largest absolute Gasteiger partial charge is 0.295 e. The number of hydrogen-bond donors (Lipinski definition) is 0. The molecule has 0 N–H and O–H groups in total. The Bertz CT molecular complexity index is 1570. The minimum absolute atomic E-state index is 0.340. The Kier molecular flexibility index (Phi) is 6.19. The Morgan fingerprint density at radius 2 is 1.14 bits per heavy atom. The van der Waals surface area contributed by atoms with Crippen LogP contribution in [0, 0.1) is 6.92 Å². The fourth-order valence-corrected chi connectivity index (χ4v) is 6.29. The van der Waals surface area contributed by atoms with Crippen LogP contribution in [0.1, 0.15) is 102 Å². The summed E-state index contributed by atoms with van der Waals surface area (Å²) in [5.74, 6) is 1.32. The zero-order valence-corrected chi connectivity index (χ0v) is 23.5. The summed E-state index contributed by atoms with van der Waals surface area (Å²) in [5, 5.41) is 4.06. The van der Waals surface area contributed by atoms with Crippen molar-refractivity contribution in [3.63, 3.8) is 0 Å². The van der Waals surface area contributed by atoms with Crippen molar-refractivity contribution in [1.82, 2.24) is 4.57 Å². The highest BCUT2D eigenvalue weighted by molar-refractivity contribution is 6.11. The van der Waals surface area contributed by atoms with Gasteiger partial charge in [-0.3, -0.25) is 0 Å². The first-order valence-electron chi connectivity index (χ1n) is 13.7. The molecule has 186 valence electrons. The molecule has 2 aromatic heterocycles. The molecule has 0 aliphatic rings. The van der Waals surface area contributed by atoms with E-state index in [-0.39, 0.29) is 0 Å². The maximum absolute atomic E-state index is 2.60. The number of aromatic nitrogens is 2. The van der Waals surface area contributed by atoms with Gasteiger partial charge in [-0.25, -0.2) is 4.57 Å². The van der Waals surface area contributed by atoms with Gasteiger partial charge < -0.3 is 0 Å². The third kappa shape index (κ3) is 3.57. The molecule has 0 spiro atoms. The maximum atomic E-state index is 2.60. The zero-order valence-electron chi connectivity index (χ0n) is 23.5. The van der Waals surface area contributed by atoms with E-state index >= 15 is 0 Å². The van der Waals surface area contributed by atoms with E-state index in [0.29, 0.717) is 23.8 Å². The highest BCUT2D eigenvalue weighted by atomic mass is 15.2. The number of rotatable bonds is 5. The van der Waals surface area contributed by atoms with Crippen LogP contribution >= 0.6 is 0 Å². The van der Waals surface area contributed by atoms with Crippen LogP contribution in [-0.2, 0) is 0 Å². The SMILES string of the molecule is Cc1c(-c2c(C(C)C)cccc2C(C)C)[n+]2c3ccccc3c3cccc(C(C)C)c3c2n1C(C)C. The molecule has 0 bridgehead atoms. The van der Waals surface area contributed by atoms with Gasteiger partial charge in [0.1, 0.15) is 11.2 Å². The van der Waals surface area contributed by atoms with Gasteiger partial charge in [-0.05, 0) is 54.4 Å². The molecule has 36 heavy (non-hydrogen) atoms. The van der Waals surface area contributed by atoms with E-state index in [0.717, 1.165) is 0 Å². The van der Waals surface area contributed by atoms with E-state index in [1.54, 1.807) is 0 Å². The summed E-state index contributed by atoms with van der Waals surface area (Å²) in [6.45, 7) is 20.9. The smallest absolute Gasteiger partial charge is 0.224 e. The predicted molar refractivity (Wildman–Crippen MR) is 155 cm³/mol. The quantitative estimate of drug-likeness (QED) is 0.176. The summed E-state index contributed by atoms with van der Waals surface area (Å²) < 4.78 is 5.20. The van der Waals surface area contributed by atoms with Crippen LogP contribution in [0.15, 0.2) is 60.7 Å². The molecule has 0 aliphatic carbocycles. The molecule has 2 nitrogen and oxygen atoms in total. The third-order valence-corrected chi connectivity index (χ3v) is 7.87. The standard InChI is InChI=1S/C34H41N2/c1-20(2)25-15-12-16-26(21(3)4)31(25)33-24(9)35(23(7)8)34-32-27(22(5)6)17-13-18-29(32)28-14-10-11-19-30(28)36(33)34/h10-23H,1-9H3/q+1. The van der Waals surface area contributed by atoms with Crippen LogP contribution in [0.5, 0.6) is 0 Å². The summed E-state index contributed by atoms with van der Waals surface area (Å²) >= 11 is 0. The molecule has 0 saturated carbocycles. The van der Waals surface area contributed by atoms with Gasteiger partial charge in [-0.15, -0.1) is 0 Å². The normalized spacial score (nSPS) is 12.5. The van der Waals surface area contributed by atoms with Crippen LogP contribution in [-0.4, -0.2) is 4.57 Å². The minimum Gasteiger partial charge on any atom is -0.224 e. The second kappa shape index (κ2) is 9.07. The summed E-state index contributed by atoms with van der Waals surface area (Å²) in [4.78, 5) is 0. The molecule has 0 fully saturated rings. The van der Waals surface area contributed by atoms with Crippen molar-refractivity contribution in [1.29, 1.82) is 0 Å². The molecule has 0 radical (unpaired) electrons. The molecule has 0 amide bonds. The monoisotopic (exact) mass is 477 g/mol.